The van der Waals surface area contributed by atoms with Crippen molar-refractivity contribution in [2.45, 2.75) is 30.6 Å². The Labute approximate surface area is 178 Å². The van der Waals surface area contributed by atoms with Gasteiger partial charge in [0.25, 0.3) is 27.7 Å². The maximum atomic E-state index is 13.1. The minimum absolute atomic E-state index is 0.0229. The van der Waals surface area contributed by atoms with Crippen LogP contribution in [0.5, 0.6) is 0 Å². The lowest BCUT2D eigenvalue weighted by Gasteiger charge is -2.29. The average Bonchev–Trinajstić information content (AvgIpc) is 2.87. The number of hydrogen-bond acceptors (Lipinski definition) is 7. The van der Waals surface area contributed by atoms with Crippen molar-refractivity contribution >= 4 is 45.0 Å². The van der Waals surface area contributed by atoms with E-state index in [1.54, 1.807) is 0 Å². The lowest BCUT2D eigenvalue weighted by Crippen LogP contribution is -2.37. The highest BCUT2D eigenvalue weighted by Crippen LogP contribution is 2.36. The molecule has 0 saturated carbocycles. The molecule has 1 fully saturated rings. The topological polar surface area (TPSA) is 130 Å². The van der Waals surface area contributed by atoms with Crippen molar-refractivity contribution < 1.29 is 22.8 Å². The Balaban J connectivity index is 1.56. The third kappa shape index (κ3) is 2.86. The van der Waals surface area contributed by atoms with E-state index in [1.807, 2.05) is 4.90 Å². The second-order valence-electron chi connectivity index (χ2n) is 7.65. The number of nitrogens with zero attached hydrogens (tertiary/aromatic N) is 3. The number of hydrogen-bond donors (Lipinski definition) is 1. The van der Waals surface area contributed by atoms with Gasteiger partial charge < -0.3 is 10.6 Å². The Morgan fingerprint density at radius 2 is 1.84 bits per heavy atom. The molecule has 9 nitrogen and oxygen atoms in total. The first kappa shape index (κ1) is 19.4. The molecule has 5 rings (SSSR count). The van der Waals surface area contributed by atoms with E-state index in [1.165, 1.54) is 36.4 Å². The highest BCUT2D eigenvalue weighted by atomic mass is 32.2. The fraction of sp³-hybridized carbons (Fsp3) is 0.238. The molecule has 158 valence electrons. The van der Waals surface area contributed by atoms with E-state index in [0.717, 1.165) is 19.3 Å². The van der Waals surface area contributed by atoms with Gasteiger partial charge in [-0.15, -0.1) is 4.40 Å². The summed E-state index contributed by atoms with van der Waals surface area (Å²) < 4.78 is 29.5. The van der Waals surface area contributed by atoms with Gasteiger partial charge in [0.05, 0.1) is 16.8 Å². The third-order valence-electron chi connectivity index (χ3n) is 5.74. The third-order valence-corrected chi connectivity index (χ3v) is 7.08. The van der Waals surface area contributed by atoms with Crippen molar-refractivity contribution in [1.82, 2.24) is 4.90 Å². The van der Waals surface area contributed by atoms with Gasteiger partial charge in [0.2, 0.25) is 0 Å². The summed E-state index contributed by atoms with van der Waals surface area (Å²) in [6, 6.07) is 8.57. The number of fused-ring (bicyclic) bond motifs is 4. The molecule has 0 bridgehead atoms. The van der Waals surface area contributed by atoms with Gasteiger partial charge >= 0.3 is 0 Å². The Hall–Kier alpha value is -3.53. The normalized spacial score (nSPS) is 19.3. The highest BCUT2D eigenvalue weighted by molar-refractivity contribution is 7.90. The largest absolute Gasteiger partial charge is 0.398 e. The monoisotopic (exact) mass is 438 g/mol. The number of imide groups is 3. The summed E-state index contributed by atoms with van der Waals surface area (Å²) >= 11 is 0. The fourth-order valence-corrected chi connectivity index (χ4v) is 5.52. The molecule has 0 aromatic heterocycles. The molecule has 1 saturated heterocycles. The minimum Gasteiger partial charge on any atom is -0.398 e. The Bertz CT molecular complexity index is 1320. The summed E-state index contributed by atoms with van der Waals surface area (Å²) in [6.07, 6.45) is 3.30. The summed E-state index contributed by atoms with van der Waals surface area (Å²) in [5.41, 5.74) is 6.30. The number of amidine groups is 1. The van der Waals surface area contributed by atoms with Gasteiger partial charge in [0.15, 0.2) is 0 Å². The number of carbonyl (C=O) groups is 3. The molecule has 3 amide bonds. The van der Waals surface area contributed by atoms with Crippen molar-refractivity contribution in [3.05, 3.63) is 53.1 Å². The van der Waals surface area contributed by atoms with E-state index >= 15 is 0 Å². The molecule has 0 unspecified atom stereocenters. The number of rotatable bonds is 1. The van der Waals surface area contributed by atoms with Crippen molar-refractivity contribution in [1.29, 1.82) is 0 Å². The van der Waals surface area contributed by atoms with Crippen LogP contribution < -0.4 is 10.6 Å². The summed E-state index contributed by atoms with van der Waals surface area (Å²) in [6.45, 7) is 0.631. The zero-order chi connectivity index (χ0) is 21.9. The Morgan fingerprint density at radius 3 is 2.61 bits per heavy atom. The molecule has 0 atom stereocenters. The molecule has 2 aromatic carbocycles. The first-order chi connectivity index (χ1) is 14.8. The first-order valence-electron chi connectivity index (χ1n) is 9.86. The molecular formula is C21H18N4O5S. The number of carbonyl (C=O) groups excluding carboxylic acids is 3. The Kier molecular flexibility index (Phi) is 4.23. The summed E-state index contributed by atoms with van der Waals surface area (Å²) in [5.74, 6) is -2.02. The first-order valence-corrected chi connectivity index (χ1v) is 11.3. The van der Waals surface area contributed by atoms with Crippen LogP contribution in [-0.2, 0) is 10.0 Å². The maximum Gasteiger partial charge on any atom is 0.286 e. The van der Waals surface area contributed by atoms with E-state index < -0.39 is 27.7 Å². The Morgan fingerprint density at radius 1 is 1.03 bits per heavy atom. The van der Waals surface area contributed by atoms with Crippen molar-refractivity contribution in [2.75, 3.05) is 17.2 Å². The quantitative estimate of drug-likeness (QED) is 0.533. The molecule has 3 aliphatic heterocycles. The second kappa shape index (κ2) is 6.74. The van der Waals surface area contributed by atoms with Crippen LogP contribution in [-0.4, -0.2) is 43.4 Å². The predicted molar refractivity (Wildman–Crippen MR) is 113 cm³/mol. The number of benzene rings is 2. The predicted octanol–water partition coefficient (Wildman–Crippen LogP) is 2.19. The number of amides is 3. The SMILES string of the molecule is Nc1cccc2c1C(=O)N(C(=O)c1ccc3c(c1)S(=O)(=O)N=C1CCCCCN13)C2=O. The minimum atomic E-state index is -4.01. The molecular weight excluding hydrogens is 420 g/mol. The zero-order valence-electron chi connectivity index (χ0n) is 16.4. The van der Waals surface area contributed by atoms with E-state index in [9.17, 15) is 22.8 Å². The van der Waals surface area contributed by atoms with Crippen LogP contribution in [0, 0.1) is 0 Å². The van der Waals surface area contributed by atoms with Crippen LogP contribution in [0.15, 0.2) is 45.7 Å². The zero-order valence-corrected chi connectivity index (χ0v) is 17.2. The van der Waals surface area contributed by atoms with Crippen molar-refractivity contribution in [2.24, 2.45) is 4.40 Å². The van der Waals surface area contributed by atoms with Gasteiger partial charge in [-0.05, 0) is 43.2 Å². The number of sulfonamides is 1. The van der Waals surface area contributed by atoms with Crippen LogP contribution in [0.2, 0.25) is 0 Å². The van der Waals surface area contributed by atoms with Gasteiger partial charge in [-0.3, -0.25) is 14.4 Å². The second-order valence-corrected chi connectivity index (χ2v) is 9.22. The van der Waals surface area contributed by atoms with Crippen LogP contribution in [0.4, 0.5) is 11.4 Å². The number of anilines is 2. The van der Waals surface area contributed by atoms with Crippen LogP contribution >= 0.6 is 0 Å². The summed E-state index contributed by atoms with van der Waals surface area (Å²) in [7, 11) is -4.01. The molecule has 31 heavy (non-hydrogen) atoms. The van der Waals surface area contributed by atoms with Crippen LogP contribution in [0.1, 0.15) is 56.8 Å². The van der Waals surface area contributed by atoms with Crippen LogP contribution in [0.3, 0.4) is 0 Å². The molecule has 10 heteroatoms. The van der Waals surface area contributed by atoms with Gasteiger partial charge in [0, 0.05) is 24.2 Å². The fourth-order valence-electron chi connectivity index (χ4n) is 4.24. The van der Waals surface area contributed by atoms with Gasteiger partial charge in [-0.25, -0.2) is 4.90 Å². The number of nitrogen functional groups attached to an aromatic ring is 1. The molecule has 3 heterocycles. The standard InChI is InChI=1S/C21H18N4O5S/c22-14-6-4-5-13-18(14)21(28)25(20(13)27)19(26)12-8-9-15-16(11-12)31(29,30)23-17-7-2-1-3-10-24(15)17/h4-6,8-9,11H,1-3,7,10,22H2. The van der Waals surface area contributed by atoms with Crippen LogP contribution in [0.25, 0.3) is 0 Å². The van der Waals surface area contributed by atoms with Gasteiger partial charge in [0.1, 0.15) is 10.7 Å². The molecule has 2 N–H and O–H groups in total. The van der Waals surface area contributed by atoms with E-state index in [0.29, 0.717) is 29.4 Å². The van der Waals surface area contributed by atoms with E-state index in [-0.39, 0.29) is 27.3 Å². The van der Waals surface area contributed by atoms with Crippen molar-refractivity contribution in [3.63, 3.8) is 0 Å². The highest BCUT2D eigenvalue weighted by Gasteiger charge is 2.42. The average molecular weight is 438 g/mol. The lowest BCUT2D eigenvalue weighted by molar-refractivity contribution is 0.0566. The smallest absolute Gasteiger partial charge is 0.286 e. The summed E-state index contributed by atoms with van der Waals surface area (Å²) in [5, 5.41) is 0. The molecule has 3 aliphatic rings. The van der Waals surface area contributed by atoms with E-state index in [4.69, 9.17) is 5.73 Å². The van der Waals surface area contributed by atoms with Gasteiger partial charge in [-0.2, -0.15) is 8.42 Å². The molecule has 0 aliphatic carbocycles. The van der Waals surface area contributed by atoms with Crippen molar-refractivity contribution in [3.8, 4) is 0 Å². The molecule has 0 radical (unpaired) electrons. The van der Waals surface area contributed by atoms with Gasteiger partial charge in [-0.1, -0.05) is 12.5 Å². The van der Waals surface area contributed by atoms with E-state index in [2.05, 4.69) is 4.40 Å². The molecule has 2 aromatic rings. The lowest BCUT2D eigenvalue weighted by atomic mass is 10.1. The number of nitrogens with two attached hydrogens (primary N) is 1. The molecule has 0 spiro atoms. The summed E-state index contributed by atoms with van der Waals surface area (Å²) in [4.78, 5) is 40.8. The maximum absolute atomic E-state index is 13.1.